The number of pyridine rings is 2. The van der Waals surface area contributed by atoms with Gasteiger partial charge in [-0.1, -0.05) is 24.3 Å². The van der Waals surface area contributed by atoms with Gasteiger partial charge < -0.3 is 5.32 Å². The summed E-state index contributed by atoms with van der Waals surface area (Å²) in [7, 11) is -7.06. The van der Waals surface area contributed by atoms with Gasteiger partial charge in [0.25, 0.3) is 5.56 Å². The van der Waals surface area contributed by atoms with E-state index in [-0.39, 0.29) is 23.0 Å². The molecule has 3 aromatic heterocycles. The van der Waals surface area contributed by atoms with Crippen LogP contribution in [0.2, 0.25) is 0 Å². The molecule has 0 aliphatic carbocycles. The molecular formula is C25H27N7O5S2. The van der Waals surface area contributed by atoms with Crippen LogP contribution in [0.3, 0.4) is 0 Å². The summed E-state index contributed by atoms with van der Waals surface area (Å²) in [6.45, 7) is 1.10. The molecular weight excluding hydrogens is 542 g/mol. The SMILES string of the molecule is CS(=O)(=O)N1CCC(Nc2ncc3ccc(=O)n(Cc4ccc(-c5cc(S(N)(=O)=O)ccn5)cc4)c3n2)CC1. The topological polar surface area (TPSA) is 170 Å². The lowest BCUT2D eigenvalue weighted by Crippen LogP contribution is -2.42. The maximum Gasteiger partial charge on any atom is 0.252 e. The maximum atomic E-state index is 12.8. The Balaban J connectivity index is 1.37. The normalized spacial score (nSPS) is 15.4. The fraction of sp³-hybridized carbons (Fsp3) is 0.280. The Morgan fingerprint density at radius 2 is 1.72 bits per heavy atom. The number of nitrogens with one attached hydrogen (secondary N) is 1. The van der Waals surface area contributed by atoms with Crippen molar-refractivity contribution in [2.24, 2.45) is 5.14 Å². The highest BCUT2D eigenvalue weighted by Crippen LogP contribution is 2.22. The van der Waals surface area contributed by atoms with Crippen LogP contribution in [0.4, 0.5) is 5.95 Å². The summed E-state index contributed by atoms with van der Waals surface area (Å²) in [5, 5.41) is 9.21. The van der Waals surface area contributed by atoms with Crippen molar-refractivity contribution in [1.29, 1.82) is 0 Å². The molecule has 1 fully saturated rings. The molecule has 0 radical (unpaired) electrons. The lowest BCUT2D eigenvalue weighted by atomic mass is 10.1. The molecule has 0 bridgehead atoms. The summed E-state index contributed by atoms with van der Waals surface area (Å²) in [6.07, 6.45) is 5.50. The van der Waals surface area contributed by atoms with Gasteiger partial charge in [-0.05, 0) is 36.6 Å². The van der Waals surface area contributed by atoms with E-state index in [1.165, 1.54) is 35.0 Å². The summed E-state index contributed by atoms with van der Waals surface area (Å²) >= 11 is 0. The quantitative estimate of drug-likeness (QED) is 0.334. The minimum Gasteiger partial charge on any atom is -0.351 e. The predicted octanol–water partition coefficient (Wildman–Crippen LogP) is 1.39. The number of hydrogen-bond acceptors (Lipinski definition) is 9. The Labute approximate surface area is 225 Å². The molecule has 1 aliphatic rings. The molecule has 3 N–H and O–H groups in total. The largest absolute Gasteiger partial charge is 0.351 e. The summed E-state index contributed by atoms with van der Waals surface area (Å²) < 4.78 is 49.9. The van der Waals surface area contributed by atoms with E-state index in [4.69, 9.17) is 5.14 Å². The molecule has 14 heteroatoms. The molecule has 1 aliphatic heterocycles. The van der Waals surface area contributed by atoms with E-state index in [0.29, 0.717) is 54.2 Å². The summed E-state index contributed by atoms with van der Waals surface area (Å²) in [5.74, 6) is 0.371. The van der Waals surface area contributed by atoms with Crippen LogP contribution < -0.4 is 16.0 Å². The Kier molecular flexibility index (Phi) is 7.20. The van der Waals surface area contributed by atoms with Crippen molar-refractivity contribution in [1.82, 2.24) is 23.8 Å². The highest BCUT2D eigenvalue weighted by atomic mass is 32.2. The molecule has 1 saturated heterocycles. The minimum absolute atomic E-state index is 0.0123. The fourth-order valence-corrected chi connectivity index (χ4v) is 5.92. The molecule has 1 aromatic carbocycles. The Bertz CT molecular complexity index is 1800. The standard InChI is InChI=1S/C25H27N7O5S2/c1-38(34,35)31-12-9-20(10-13-31)29-25-28-15-19-6-7-23(33)32(24(19)30-25)16-17-2-4-18(5-3-17)22-14-21(8-11-27-22)39(26,36)37/h2-8,11,14-15,20H,9-10,12-13,16H2,1H3,(H2,26,36,37)(H,28,29,30). The van der Waals surface area contributed by atoms with Gasteiger partial charge in [0.15, 0.2) is 0 Å². The summed E-state index contributed by atoms with van der Waals surface area (Å²) in [6, 6.07) is 13.2. The van der Waals surface area contributed by atoms with Gasteiger partial charge in [0, 0.05) is 48.5 Å². The van der Waals surface area contributed by atoms with Gasteiger partial charge in [-0.2, -0.15) is 4.98 Å². The van der Waals surface area contributed by atoms with Crippen LogP contribution in [0.1, 0.15) is 18.4 Å². The van der Waals surface area contributed by atoms with Crippen LogP contribution in [0.15, 0.2) is 70.6 Å². The molecule has 0 amide bonds. The molecule has 4 aromatic rings. The van der Waals surface area contributed by atoms with Gasteiger partial charge in [-0.25, -0.2) is 31.3 Å². The first kappa shape index (κ1) is 26.9. The van der Waals surface area contributed by atoms with Crippen molar-refractivity contribution >= 4 is 37.0 Å². The van der Waals surface area contributed by atoms with E-state index in [1.54, 1.807) is 29.0 Å². The zero-order valence-corrected chi connectivity index (χ0v) is 22.7. The molecule has 4 heterocycles. The Morgan fingerprint density at radius 3 is 2.38 bits per heavy atom. The third-order valence-electron chi connectivity index (χ3n) is 6.63. The molecule has 12 nitrogen and oxygen atoms in total. The second-order valence-electron chi connectivity index (χ2n) is 9.43. The van der Waals surface area contributed by atoms with Gasteiger partial charge in [-0.3, -0.25) is 14.3 Å². The van der Waals surface area contributed by atoms with Crippen LogP contribution in [0.5, 0.6) is 0 Å². The lowest BCUT2D eigenvalue weighted by Gasteiger charge is -2.30. The van der Waals surface area contributed by atoms with Gasteiger partial charge in [-0.15, -0.1) is 0 Å². The minimum atomic E-state index is -3.85. The van der Waals surface area contributed by atoms with Crippen LogP contribution in [0.25, 0.3) is 22.3 Å². The van der Waals surface area contributed by atoms with Gasteiger partial charge in [0.05, 0.1) is 23.4 Å². The number of anilines is 1. The van der Waals surface area contributed by atoms with Crippen molar-refractivity contribution in [3.8, 4) is 11.3 Å². The molecule has 39 heavy (non-hydrogen) atoms. The smallest absolute Gasteiger partial charge is 0.252 e. The molecule has 5 rings (SSSR count). The van der Waals surface area contributed by atoms with Crippen molar-refractivity contribution in [3.05, 3.63) is 76.8 Å². The van der Waals surface area contributed by atoms with E-state index in [9.17, 15) is 21.6 Å². The lowest BCUT2D eigenvalue weighted by molar-refractivity contribution is 0.331. The first-order chi connectivity index (χ1) is 18.5. The average Bonchev–Trinajstić information content (AvgIpc) is 2.90. The van der Waals surface area contributed by atoms with Crippen molar-refractivity contribution < 1.29 is 16.8 Å². The van der Waals surface area contributed by atoms with E-state index in [1.807, 2.05) is 12.1 Å². The van der Waals surface area contributed by atoms with E-state index in [0.717, 1.165) is 5.56 Å². The first-order valence-corrected chi connectivity index (χ1v) is 15.5. The number of sulfonamides is 2. The number of rotatable bonds is 7. The van der Waals surface area contributed by atoms with E-state index >= 15 is 0 Å². The van der Waals surface area contributed by atoms with Gasteiger partial charge in [0.2, 0.25) is 26.0 Å². The Morgan fingerprint density at radius 1 is 1.00 bits per heavy atom. The number of benzene rings is 1. The summed E-state index contributed by atoms with van der Waals surface area (Å²) in [4.78, 5) is 26.0. The molecule has 0 spiro atoms. The van der Waals surface area contributed by atoms with E-state index in [2.05, 4.69) is 20.3 Å². The number of piperidine rings is 1. The van der Waals surface area contributed by atoms with Crippen LogP contribution >= 0.6 is 0 Å². The van der Waals surface area contributed by atoms with Crippen molar-refractivity contribution in [2.45, 2.75) is 30.3 Å². The molecule has 0 saturated carbocycles. The first-order valence-electron chi connectivity index (χ1n) is 12.1. The van der Waals surface area contributed by atoms with Crippen LogP contribution in [-0.2, 0) is 26.6 Å². The van der Waals surface area contributed by atoms with E-state index < -0.39 is 20.0 Å². The monoisotopic (exact) mass is 569 g/mol. The fourth-order valence-electron chi connectivity index (χ4n) is 4.52. The van der Waals surface area contributed by atoms with Gasteiger partial charge in [0.1, 0.15) is 5.65 Å². The predicted molar refractivity (Wildman–Crippen MR) is 147 cm³/mol. The number of aromatic nitrogens is 4. The maximum absolute atomic E-state index is 12.8. The number of nitrogens with two attached hydrogens (primary N) is 1. The van der Waals surface area contributed by atoms with Crippen molar-refractivity contribution in [2.75, 3.05) is 24.7 Å². The highest BCUT2D eigenvalue weighted by Gasteiger charge is 2.25. The summed E-state index contributed by atoms with van der Waals surface area (Å²) in [5.41, 5.74) is 2.24. The third kappa shape index (κ3) is 6.14. The molecule has 204 valence electrons. The number of hydrogen-bond donors (Lipinski definition) is 2. The second kappa shape index (κ2) is 10.4. The number of fused-ring (bicyclic) bond motifs is 1. The molecule has 0 atom stereocenters. The van der Waals surface area contributed by atoms with Crippen LogP contribution in [-0.4, -0.2) is 66.0 Å². The average molecular weight is 570 g/mol. The highest BCUT2D eigenvalue weighted by molar-refractivity contribution is 7.89. The van der Waals surface area contributed by atoms with Gasteiger partial charge >= 0.3 is 0 Å². The van der Waals surface area contributed by atoms with Crippen molar-refractivity contribution in [3.63, 3.8) is 0 Å². The zero-order chi connectivity index (χ0) is 27.8. The Hall–Kier alpha value is -3.72. The zero-order valence-electron chi connectivity index (χ0n) is 21.1. The molecule has 0 unspecified atom stereocenters. The third-order valence-corrected chi connectivity index (χ3v) is 8.84. The number of primary sulfonamides is 1. The van der Waals surface area contributed by atoms with Crippen LogP contribution in [0, 0.1) is 0 Å². The second-order valence-corrected chi connectivity index (χ2v) is 13.0. The number of nitrogens with zero attached hydrogens (tertiary/aromatic N) is 5.